The first-order chi connectivity index (χ1) is 34.1. The lowest BCUT2D eigenvalue weighted by Crippen LogP contribution is -2.41. The van der Waals surface area contributed by atoms with Crippen molar-refractivity contribution >= 4 is 59.3 Å². The van der Waals surface area contributed by atoms with Crippen LogP contribution in [0.5, 0.6) is 0 Å². The van der Waals surface area contributed by atoms with Gasteiger partial charge in [0, 0.05) is 39.5 Å². The molecule has 0 amide bonds. The summed E-state index contributed by atoms with van der Waals surface area (Å²) in [6, 6.07) is 54.7. The lowest BCUT2D eigenvalue weighted by molar-refractivity contribution is 0.00578. The smallest absolute Gasteiger partial charge is 0.399 e. The zero-order valence-electron chi connectivity index (χ0n) is 45.2. The van der Waals surface area contributed by atoms with Crippen molar-refractivity contribution in [1.82, 2.24) is 0 Å². The molecule has 2 heterocycles. The Labute approximate surface area is 431 Å². The fraction of sp³-hybridized carbons (Fsp3) is 0.344. The summed E-state index contributed by atoms with van der Waals surface area (Å²) in [6.45, 7) is 30.3. The molecular formula is C64H72B2N2O4. The number of aryl methyl sites for hydroxylation is 5. The van der Waals surface area contributed by atoms with Gasteiger partial charge in [-0.3, -0.25) is 0 Å². The van der Waals surface area contributed by atoms with Crippen LogP contribution >= 0.6 is 0 Å². The highest BCUT2D eigenvalue weighted by molar-refractivity contribution is 6.62. The lowest BCUT2D eigenvalue weighted by atomic mass is 9.74. The van der Waals surface area contributed by atoms with Gasteiger partial charge < -0.3 is 28.4 Å². The Morgan fingerprint density at radius 1 is 0.417 bits per heavy atom. The number of hydrogen-bond donors (Lipinski definition) is 0. The standard InChI is InChI=1S/C64H72B2N2O4/c1-15-16-17-46-20-22-47(23-21-46)64(14)56-34-32-52(67(58-36-18-42(2)38-44(58)4)50-28-24-48(25-29-50)65-69-60(6,7)61(8,9)70-65)40-54(56)55-41-53(33-35-57(55)64)68(59-37-19-43(3)39-45(59)5)51-30-26-49(27-31-51)66-71-62(10,11)63(12,13)72-66/h18-41H,15-17H2,1-14H3. The van der Waals surface area contributed by atoms with Crippen molar-refractivity contribution in [2.45, 2.75) is 144 Å². The van der Waals surface area contributed by atoms with E-state index in [9.17, 15) is 0 Å². The van der Waals surface area contributed by atoms with Crippen molar-refractivity contribution in [3.05, 3.63) is 190 Å². The largest absolute Gasteiger partial charge is 0.494 e. The maximum Gasteiger partial charge on any atom is 0.494 e. The normalized spacial score (nSPS) is 17.8. The van der Waals surface area contributed by atoms with E-state index >= 15 is 0 Å². The average molecular weight is 955 g/mol. The Balaban J connectivity index is 1.12. The predicted octanol–water partition coefficient (Wildman–Crippen LogP) is 15.1. The first kappa shape index (κ1) is 49.7. The topological polar surface area (TPSA) is 43.4 Å². The molecule has 2 fully saturated rings. The number of hydrogen-bond acceptors (Lipinski definition) is 6. The molecule has 0 unspecified atom stereocenters. The summed E-state index contributed by atoms with van der Waals surface area (Å²) >= 11 is 0. The van der Waals surface area contributed by atoms with Crippen molar-refractivity contribution in [3.8, 4) is 11.1 Å². The van der Waals surface area contributed by atoms with E-state index in [0.29, 0.717) is 0 Å². The van der Waals surface area contributed by atoms with Crippen LogP contribution in [0.3, 0.4) is 0 Å². The van der Waals surface area contributed by atoms with Gasteiger partial charge in [0.1, 0.15) is 0 Å². The van der Waals surface area contributed by atoms with Gasteiger partial charge in [-0.25, -0.2) is 0 Å². The summed E-state index contributed by atoms with van der Waals surface area (Å²) in [4.78, 5) is 4.82. The molecule has 0 bridgehead atoms. The maximum absolute atomic E-state index is 6.50. The highest BCUT2D eigenvalue weighted by Gasteiger charge is 2.53. The lowest BCUT2D eigenvalue weighted by Gasteiger charge is -2.32. The van der Waals surface area contributed by atoms with Gasteiger partial charge >= 0.3 is 14.2 Å². The van der Waals surface area contributed by atoms with E-state index in [1.165, 1.54) is 68.5 Å². The molecule has 3 aliphatic rings. The van der Waals surface area contributed by atoms with E-state index in [4.69, 9.17) is 18.6 Å². The second-order valence-electron chi connectivity index (χ2n) is 23.0. The summed E-state index contributed by atoms with van der Waals surface area (Å²) in [7, 11) is -0.891. The third kappa shape index (κ3) is 8.62. The molecule has 7 aromatic rings. The predicted molar refractivity (Wildman–Crippen MR) is 302 cm³/mol. The van der Waals surface area contributed by atoms with E-state index in [2.05, 4.69) is 252 Å². The molecule has 2 saturated heterocycles. The molecule has 2 aliphatic heterocycles. The van der Waals surface area contributed by atoms with Crippen molar-refractivity contribution in [2.24, 2.45) is 0 Å². The fourth-order valence-electron chi connectivity index (χ4n) is 11.0. The first-order valence-corrected chi connectivity index (χ1v) is 26.2. The van der Waals surface area contributed by atoms with Gasteiger partial charge in [0.15, 0.2) is 0 Å². The monoisotopic (exact) mass is 955 g/mol. The molecule has 7 aromatic carbocycles. The highest BCUT2D eigenvalue weighted by Crippen LogP contribution is 2.56. The van der Waals surface area contributed by atoms with Crippen LogP contribution in [0, 0.1) is 27.7 Å². The quantitative estimate of drug-likeness (QED) is 0.114. The fourth-order valence-corrected chi connectivity index (χ4v) is 11.0. The molecule has 10 rings (SSSR count). The zero-order valence-corrected chi connectivity index (χ0v) is 45.2. The van der Waals surface area contributed by atoms with Gasteiger partial charge in [0.05, 0.1) is 22.4 Å². The first-order valence-electron chi connectivity index (χ1n) is 26.2. The summed E-state index contributed by atoms with van der Waals surface area (Å²) in [5.74, 6) is 0. The molecule has 368 valence electrons. The van der Waals surface area contributed by atoms with Crippen LogP contribution in [0.15, 0.2) is 146 Å². The molecule has 0 aromatic heterocycles. The zero-order chi connectivity index (χ0) is 51.1. The third-order valence-corrected chi connectivity index (χ3v) is 16.8. The summed E-state index contributed by atoms with van der Waals surface area (Å²) in [6.07, 6.45) is 3.45. The Kier molecular flexibility index (Phi) is 12.6. The molecular weight excluding hydrogens is 882 g/mol. The molecule has 0 radical (unpaired) electrons. The highest BCUT2D eigenvalue weighted by atomic mass is 16.7. The van der Waals surface area contributed by atoms with E-state index in [1.807, 2.05) is 0 Å². The third-order valence-electron chi connectivity index (χ3n) is 16.8. The number of unbranched alkanes of at least 4 members (excludes halogenated alkanes) is 1. The van der Waals surface area contributed by atoms with Crippen LogP contribution in [0.1, 0.15) is 127 Å². The minimum atomic E-state index is -0.445. The Morgan fingerprint density at radius 2 is 0.792 bits per heavy atom. The van der Waals surface area contributed by atoms with Gasteiger partial charge in [0.2, 0.25) is 0 Å². The van der Waals surface area contributed by atoms with E-state index in [-0.39, 0.29) is 0 Å². The molecule has 8 heteroatoms. The van der Waals surface area contributed by atoms with Crippen LogP contribution in [0.25, 0.3) is 11.1 Å². The van der Waals surface area contributed by atoms with E-state index in [1.54, 1.807) is 0 Å². The molecule has 0 atom stereocenters. The van der Waals surface area contributed by atoms with Gasteiger partial charge in [-0.15, -0.1) is 0 Å². The van der Waals surface area contributed by atoms with E-state index < -0.39 is 42.1 Å². The summed E-state index contributed by atoms with van der Waals surface area (Å²) in [5.41, 5.74) is 19.0. The second-order valence-corrected chi connectivity index (χ2v) is 23.0. The minimum absolute atomic E-state index is 0.408. The number of anilines is 6. The van der Waals surface area contributed by atoms with Crippen LogP contribution in [-0.4, -0.2) is 36.6 Å². The summed E-state index contributed by atoms with van der Waals surface area (Å²) < 4.78 is 26.0. The van der Waals surface area contributed by atoms with Gasteiger partial charge in [-0.1, -0.05) is 109 Å². The Morgan fingerprint density at radius 3 is 1.15 bits per heavy atom. The van der Waals surface area contributed by atoms with Gasteiger partial charge in [-0.05, 0) is 219 Å². The van der Waals surface area contributed by atoms with Crippen LogP contribution in [-0.2, 0) is 30.5 Å². The minimum Gasteiger partial charge on any atom is -0.399 e. The number of nitrogens with zero attached hydrogens (tertiary/aromatic N) is 2. The number of benzene rings is 7. The van der Waals surface area contributed by atoms with E-state index in [0.717, 1.165) is 51.5 Å². The van der Waals surface area contributed by atoms with Crippen molar-refractivity contribution in [2.75, 3.05) is 9.80 Å². The molecule has 6 nitrogen and oxygen atoms in total. The molecule has 0 N–H and O–H groups in total. The number of fused-ring (bicyclic) bond motifs is 3. The van der Waals surface area contributed by atoms with Gasteiger partial charge in [0.25, 0.3) is 0 Å². The Bertz CT molecular complexity index is 2940. The van der Waals surface area contributed by atoms with Crippen molar-refractivity contribution in [3.63, 3.8) is 0 Å². The van der Waals surface area contributed by atoms with Gasteiger partial charge in [-0.2, -0.15) is 0 Å². The van der Waals surface area contributed by atoms with Crippen LogP contribution in [0.4, 0.5) is 34.1 Å². The second kappa shape index (κ2) is 18.2. The Hall–Kier alpha value is -5.89. The van der Waals surface area contributed by atoms with Crippen LogP contribution in [0.2, 0.25) is 0 Å². The molecule has 0 spiro atoms. The summed E-state index contributed by atoms with van der Waals surface area (Å²) in [5, 5.41) is 0. The maximum atomic E-state index is 6.50. The number of rotatable bonds is 12. The van der Waals surface area contributed by atoms with Crippen LogP contribution < -0.4 is 20.7 Å². The molecule has 72 heavy (non-hydrogen) atoms. The van der Waals surface area contributed by atoms with Crippen molar-refractivity contribution < 1.29 is 18.6 Å². The van der Waals surface area contributed by atoms with Crippen molar-refractivity contribution in [1.29, 1.82) is 0 Å². The molecule has 1 aliphatic carbocycles. The molecule has 0 saturated carbocycles. The SMILES string of the molecule is CCCCc1ccc(C2(C)c3ccc(N(c4ccc(B5OC(C)(C)C(C)(C)O5)cc4)c4ccc(C)cc4C)cc3-c3cc(N(c4ccc(B5OC(C)(C)C(C)(C)O5)cc4)c4ccc(C)cc4C)ccc32)cc1. The average Bonchev–Trinajstić information content (AvgIpc) is 3.83.